The molecule has 1 aliphatic rings. The van der Waals surface area contributed by atoms with E-state index < -0.39 is 17.8 Å². The van der Waals surface area contributed by atoms with Crippen LogP contribution in [0.5, 0.6) is 0 Å². The molecule has 0 aromatic carbocycles. The second-order valence-corrected chi connectivity index (χ2v) is 7.08. The number of hydrogen-bond acceptors (Lipinski definition) is 3. The van der Waals surface area contributed by atoms with Gasteiger partial charge in [0.1, 0.15) is 5.60 Å². The van der Waals surface area contributed by atoms with Crippen molar-refractivity contribution in [1.29, 1.82) is 0 Å². The molecule has 4 heteroatoms. The Labute approximate surface area is 129 Å². The summed E-state index contributed by atoms with van der Waals surface area (Å²) in [6, 6.07) is -0.263. The number of carbonyl (C=O) groups is 1. The van der Waals surface area contributed by atoms with Gasteiger partial charge in [-0.15, -0.1) is 6.58 Å². The molecule has 1 saturated carbocycles. The van der Waals surface area contributed by atoms with Crippen molar-refractivity contribution < 1.29 is 14.6 Å². The van der Waals surface area contributed by atoms with Gasteiger partial charge in [0.15, 0.2) is 0 Å². The van der Waals surface area contributed by atoms with Gasteiger partial charge in [-0.3, -0.25) is 0 Å². The maximum atomic E-state index is 11.9. The van der Waals surface area contributed by atoms with Gasteiger partial charge in [0.25, 0.3) is 0 Å². The first-order valence-electron chi connectivity index (χ1n) is 8.10. The Morgan fingerprint density at radius 3 is 2.52 bits per heavy atom. The highest BCUT2D eigenvalue weighted by molar-refractivity contribution is 5.68. The smallest absolute Gasteiger partial charge is 0.407 e. The number of amides is 1. The largest absolute Gasteiger partial charge is 0.444 e. The lowest BCUT2D eigenvalue weighted by molar-refractivity contribution is 0.0395. The summed E-state index contributed by atoms with van der Waals surface area (Å²) < 4.78 is 5.30. The molecule has 1 aliphatic carbocycles. The topological polar surface area (TPSA) is 58.6 Å². The molecule has 2 N–H and O–H groups in total. The Morgan fingerprint density at radius 1 is 1.38 bits per heavy atom. The molecule has 2 atom stereocenters. The van der Waals surface area contributed by atoms with Gasteiger partial charge in [0.2, 0.25) is 0 Å². The van der Waals surface area contributed by atoms with E-state index in [1.807, 2.05) is 20.8 Å². The Morgan fingerprint density at radius 2 is 2.00 bits per heavy atom. The number of ether oxygens (including phenoxy) is 1. The van der Waals surface area contributed by atoms with Crippen LogP contribution in [-0.4, -0.2) is 28.9 Å². The average molecular weight is 297 g/mol. The van der Waals surface area contributed by atoms with Crippen molar-refractivity contribution in [2.45, 2.75) is 83.5 Å². The third-order valence-corrected chi connectivity index (χ3v) is 3.89. The number of aliphatic hydroxyl groups is 1. The summed E-state index contributed by atoms with van der Waals surface area (Å²) in [6.45, 7) is 9.17. The van der Waals surface area contributed by atoms with Crippen molar-refractivity contribution in [2.75, 3.05) is 0 Å². The van der Waals surface area contributed by atoms with Crippen LogP contribution in [0.25, 0.3) is 0 Å². The lowest BCUT2D eigenvalue weighted by Gasteiger charge is -2.30. The van der Waals surface area contributed by atoms with Gasteiger partial charge in [-0.05, 0) is 39.5 Å². The molecule has 21 heavy (non-hydrogen) atoms. The lowest BCUT2D eigenvalue weighted by Crippen LogP contribution is -2.46. The van der Waals surface area contributed by atoms with E-state index in [-0.39, 0.29) is 6.04 Å². The molecule has 0 saturated heterocycles. The summed E-state index contributed by atoms with van der Waals surface area (Å²) in [6.07, 6.45) is 8.11. The van der Waals surface area contributed by atoms with Crippen LogP contribution in [0.15, 0.2) is 12.7 Å². The zero-order chi connectivity index (χ0) is 15.9. The molecule has 0 radical (unpaired) electrons. The van der Waals surface area contributed by atoms with Crippen LogP contribution in [0.3, 0.4) is 0 Å². The highest BCUT2D eigenvalue weighted by Crippen LogP contribution is 2.28. The van der Waals surface area contributed by atoms with Gasteiger partial charge in [0.05, 0.1) is 12.1 Å². The van der Waals surface area contributed by atoms with Crippen LogP contribution in [0.2, 0.25) is 0 Å². The van der Waals surface area contributed by atoms with Gasteiger partial charge < -0.3 is 15.2 Å². The first-order valence-corrected chi connectivity index (χ1v) is 8.10. The van der Waals surface area contributed by atoms with Crippen LogP contribution >= 0.6 is 0 Å². The Kier molecular flexibility index (Phi) is 7.23. The van der Waals surface area contributed by atoms with Crippen LogP contribution in [0, 0.1) is 5.92 Å². The van der Waals surface area contributed by atoms with E-state index in [0.29, 0.717) is 12.3 Å². The maximum absolute atomic E-state index is 11.9. The van der Waals surface area contributed by atoms with Gasteiger partial charge >= 0.3 is 6.09 Å². The fraction of sp³-hybridized carbons (Fsp3) is 0.824. The Balaban J connectivity index is 2.58. The highest BCUT2D eigenvalue weighted by atomic mass is 16.6. The first-order chi connectivity index (χ1) is 9.81. The summed E-state index contributed by atoms with van der Waals surface area (Å²) in [7, 11) is 0. The minimum Gasteiger partial charge on any atom is -0.444 e. The molecule has 1 rings (SSSR count). The predicted molar refractivity (Wildman–Crippen MR) is 85.2 cm³/mol. The van der Waals surface area contributed by atoms with Gasteiger partial charge in [-0.25, -0.2) is 4.79 Å². The van der Waals surface area contributed by atoms with Crippen molar-refractivity contribution >= 4 is 6.09 Å². The quantitative estimate of drug-likeness (QED) is 0.733. The van der Waals surface area contributed by atoms with E-state index in [4.69, 9.17) is 4.74 Å². The zero-order valence-corrected chi connectivity index (χ0v) is 13.7. The number of carbonyl (C=O) groups excluding carboxylic acids is 1. The number of alkyl carbamates (subject to hydrolysis) is 1. The van der Waals surface area contributed by atoms with Crippen LogP contribution < -0.4 is 5.32 Å². The molecule has 1 fully saturated rings. The van der Waals surface area contributed by atoms with E-state index in [0.717, 1.165) is 6.42 Å². The fourth-order valence-corrected chi connectivity index (χ4v) is 2.89. The molecule has 0 bridgehead atoms. The van der Waals surface area contributed by atoms with Crippen molar-refractivity contribution in [1.82, 2.24) is 5.32 Å². The van der Waals surface area contributed by atoms with E-state index in [9.17, 15) is 9.90 Å². The second-order valence-electron chi connectivity index (χ2n) is 7.08. The van der Waals surface area contributed by atoms with Gasteiger partial charge in [-0.1, -0.05) is 38.2 Å². The molecule has 0 heterocycles. The third kappa shape index (κ3) is 7.51. The number of aliphatic hydroxyl groups excluding tert-OH is 1. The molecule has 122 valence electrons. The van der Waals surface area contributed by atoms with Crippen LogP contribution in [0.4, 0.5) is 4.79 Å². The third-order valence-electron chi connectivity index (χ3n) is 3.89. The molecule has 0 aromatic heterocycles. The monoisotopic (exact) mass is 297 g/mol. The minimum absolute atomic E-state index is 0.263. The lowest BCUT2D eigenvalue weighted by atomic mass is 9.83. The van der Waals surface area contributed by atoms with E-state index >= 15 is 0 Å². The standard InChI is InChI=1S/C17H31NO3/c1-5-9-15(19)14(12-13-10-7-6-8-11-13)18-16(20)21-17(2,3)4/h5,13-15,19H,1,6-12H2,2-4H3,(H,18,20)/t14-,15+/m0/s1. The molecule has 4 nitrogen and oxygen atoms in total. The predicted octanol–water partition coefficient (Wildman–Crippen LogP) is 3.79. The van der Waals surface area contributed by atoms with Crippen molar-refractivity contribution in [3.8, 4) is 0 Å². The van der Waals surface area contributed by atoms with Gasteiger partial charge in [0, 0.05) is 0 Å². The van der Waals surface area contributed by atoms with Gasteiger partial charge in [-0.2, -0.15) is 0 Å². The van der Waals surface area contributed by atoms with E-state index in [1.165, 1.54) is 32.1 Å². The van der Waals surface area contributed by atoms with Crippen LogP contribution in [-0.2, 0) is 4.74 Å². The normalized spacial score (nSPS) is 19.6. The summed E-state index contributed by atoms with van der Waals surface area (Å²) in [5.41, 5.74) is -0.525. The number of nitrogens with one attached hydrogen (secondary N) is 1. The van der Waals surface area contributed by atoms with E-state index in [1.54, 1.807) is 6.08 Å². The molecule has 0 spiro atoms. The molecular weight excluding hydrogens is 266 g/mol. The van der Waals surface area contributed by atoms with Crippen molar-refractivity contribution in [3.05, 3.63) is 12.7 Å². The zero-order valence-electron chi connectivity index (χ0n) is 13.7. The van der Waals surface area contributed by atoms with Crippen molar-refractivity contribution in [3.63, 3.8) is 0 Å². The summed E-state index contributed by atoms with van der Waals surface area (Å²) >= 11 is 0. The van der Waals surface area contributed by atoms with E-state index in [2.05, 4.69) is 11.9 Å². The highest BCUT2D eigenvalue weighted by Gasteiger charge is 2.27. The number of hydrogen-bond donors (Lipinski definition) is 2. The first kappa shape index (κ1) is 18.0. The summed E-state index contributed by atoms with van der Waals surface area (Å²) in [5.74, 6) is 0.582. The second kappa shape index (κ2) is 8.42. The minimum atomic E-state index is -0.600. The molecule has 0 aliphatic heterocycles. The average Bonchev–Trinajstić information content (AvgIpc) is 2.37. The van der Waals surface area contributed by atoms with Crippen LogP contribution in [0.1, 0.15) is 65.7 Å². The Hall–Kier alpha value is -1.03. The van der Waals surface area contributed by atoms with Crippen molar-refractivity contribution in [2.24, 2.45) is 5.92 Å². The number of rotatable bonds is 6. The summed E-state index contributed by atoms with van der Waals surface area (Å²) in [4.78, 5) is 11.9. The molecule has 1 amide bonds. The molecular formula is C17H31NO3. The molecule has 0 unspecified atom stereocenters. The SMILES string of the molecule is C=CC[C@@H](O)[C@H](CC1CCCCC1)NC(=O)OC(C)(C)C. The fourth-order valence-electron chi connectivity index (χ4n) is 2.89. The summed E-state index contributed by atoms with van der Waals surface area (Å²) in [5, 5.41) is 13.1. The Bertz CT molecular complexity index is 329. The molecule has 0 aromatic rings. The maximum Gasteiger partial charge on any atom is 0.407 e.